The molecule has 0 saturated carbocycles. The zero-order valence-corrected chi connectivity index (χ0v) is 17.8. The second kappa shape index (κ2) is 8.41. The molecule has 4 rings (SSSR count). The molecule has 0 spiro atoms. The van der Waals surface area contributed by atoms with Gasteiger partial charge in [0.15, 0.2) is 0 Å². The summed E-state index contributed by atoms with van der Waals surface area (Å²) < 4.78 is 5.72. The smallest absolute Gasteiger partial charge is 0.293 e. The zero-order valence-electron chi connectivity index (χ0n) is 16.2. The molecular weight excluding hydrogens is 440 g/mol. The van der Waals surface area contributed by atoms with Crippen LogP contribution in [0, 0.1) is 17.0 Å². The largest absolute Gasteiger partial charge is 0.457 e. The Balaban J connectivity index is 1.56. The Morgan fingerprint density at radius 3 is 2.58 bits per heavy atom. The summed E-state index contributed by atoms with van der Waals surface area (Å²) in [6, 6.07) is 14.9. The molecule has 31 heavy (non-hydrogen) atoms. The van der Waals surface area contributed by atoms with Gasteiger partial charge >= 0.3 is 0 Å². The van der Waals surface area contributed by atoms with Gasteiger partial charge in [0.25, 0.3) is 16.8 Å². The van der Waals surface area contributed by atoms with Gasteiger partial charge in [0.1, 0.15) is 11.5 Å². The third-order valence-electron chi connectivity index (χ3n) is 4.66. The van der Waals surface area contributed by atoms with E-state index in [1.54, 1.807) is 12.1 Å². The summed E-state index contributed by atoms with van der Waals surface area (Å²) in [6.45, 7) is 2.15. The van der Waals surface area contributed by atoms with E-state index in [9.17, 15) is 19.7 Å². The summed E-state index contributed by atoms with van der Waals surface area (Å²) in [4.78, 5) is 37.0. The second-order valence-corrected chi connectivity index (χ2v) is 8.28. The van der Waals surface area contributed by atoms with Crippen LogP contribution in [0.5, 0.6) is 0 Å². The van der Waals surface area contributed by atoms with Gasteiger partial charge in [-0.15, -0.1) is 0 Å². The molecule has 2 aromatic carbocycles. The molecular formula is C22H15ClN2O5S. The standard InChI is InChI=1S/C22H15ClN2O5S/c1-13-2-4-14(5-3-13)12-24-21(26)20(31-22(24)27)11-16-7-9-19(30-16)17-10-15(25(28)29)6-8-18(17)23/h2-11H,12H2,1H3/b20-11-. The lowest BCUT2D eigenvalue weighted by Crippen LogP contribution is -2.27. The number of nitro benzene ring substituents is 1. The first-order valence-electron chi connectivity index (χ1n) is 9.17. The summed E-state index contributed by atoms with van der Waals surface area (Å²) in [7, 11) is 0. The quantitative estimate of drug-likeness (QED) is 0.264. The molecule has 0 aliphatic carbocycles. The number of benzene rings is 2. The Morgan fingerprint density at radius 1 is 1.13 bits per heavy atom. The predicted octanol–water partition coefficient (Wildman–Crippen LogP) is 6.05. The summed E-state index contributed by atoms with van der Waals surface area (Å²) in [6.07, 6.45) is 1.48. The van der Waals surface area contributed by atoms with Crippen LogP contribution in [0.4, 0.5) is 10.5 Å². The van der Waals surface area contributed by atoms with Crippen LogP contribution in [0.15, 0.2) is 63.9 Å². The monoisotopic (exact) mass is 454 g/mol. The molecule has 1 fully saturated rings. The van der Waals surface area contributed by atoms with Crippen LogP contribution in [0.25, 0.3) is 17.4 Å². The van der Waals surface area contributed by atoms with E-state index in [0.717, 1.165) is 22.9 Å². The lowest BCUT2D eigenvalue weighted by molar-refractivity contribution is -0.384. The summed E-state index contributed by atoms with van der Waals surface area (Å²) >= 11 is 6.99. The van der Waals surface area contributed by atoms with Crippen molar-refractivity contribution in [2.24, 2.45) is 0 Å². The van der Waals surface area contributed by atoms with Crippen LogP contribution in [0.1, 0.15) is 16.9 Å². The first-order chi connectivity index (χ1) is 14.8. The molecule has 0 bridgehead atoms. The third-order valence-corrected chi connectivity index (χ3v) is 5.90. The Kier molecular flexibility index (Phi) is 5.67. The van der Waals surface area contributed by atoms with E-state index in [4.69, 9.17) is 16.0 Å². The average Bonchev–Trinajstić information content (AvgIpc) is 3.30. The van der Waals surface area contributed by atoms with Crippen LogP contribution in [-0.2, 0) is 11.3 Å². The average molecular weight is 455 g/mol. The first-order valence-corrected chi connectivity index (χ1v) is 10.4. The van der Waals surface area contributed by atoms with Crippen molar-refractivity contribution in [3.05, 3.63) is 91.5 Å². The molecule has 1 aliphatic heterocycles. The molecule has 1 aliphatic rings. The number of imide groups is 1. The van der Waals surface area contributed by atoms with Crippen molar-refractivity contribution >= 4 is 46.3 Å². The van der Waals surface area contributed by atoms with Crippen molar-refractivity contribution in [3.8, 4) is 11.3 Å². The van der Waals surface area contributed by atoms with Gasteiger partial charge in [-0.25, -0.2) is 0 Å². The van der Waals surface area contributed by atoms with Gasteiger partial charge in [0.2, 0.25) is 0 Å². The van der Waals surface area contributed by atoms with Gasteiger partial charge in [0, 0.05) is 23.8 Å². The van der Waals surface area contributed by atoms with Crippen LogP contribution in [-0.4, -0.2) is 21.0 Å². The number of carbonyl (C=O) groups is 2. The molecule has 3 aromatic rings. The number of nitro groups is 1. The highest BCUT2D eigenvalue weighted by atomic mass is 35.5. The van der Waals surface area contributed by atoms with Crippen molar-refractivity contribution < 1.29 is 18.9 Å². The van der Waals surface area contributed by atoms with Crippen molar-refractivity contribution in [1.82, 2.24) is 4.90 Å². The van der Waals surface area contributed by atoms with E-state index in [2.05, 4.69) is 0 Å². The highest BCUT2D eigenvalue weighted by molar-refractivity contribution is 8.18. The fraction of sp³-hybridized carbons (Fsp3) is 0.0909. The lowest BCUT2D eigenvalue weighted by Gasteiger charge is -2.12. The number of thioether (sulfide) groups is 1. The normalized spacial score (nSPS) is 15.2. The van der Waals surface area contributed by atoms with Gasteiger partial charge in [-0.05, 0) is 42.4 Å². The van der Waals surface area contributed by atoms with Crippen LogP contribution < -0.4 is 0 Å². The van der Waals surface area contributed by atoms with Crippen LogP contribution in [0.3, 0.4) is 0 Å². The number of carbonyl (C=O) groups excluding carboxylic acids is 2. The number of hydrogen-bond donors (Lipinski definition) is 0. The molecule has 0 radical (unpaired) electrons. The molecule has 1 saturated heterocycles. The minimum absolute atomic E-state index is 0.116. The number of non-ortho nitro benzene ring substituents is 1. The van der Waals surface area contributed by atoms with Crippen molar-refractivity contribution in [2.75, 3.05) is 0 Å². The zero-order chi connectivity index (χ0) is 22.1. The summed E-state index contributed by atoms with van der Waals surface area (Å²) in [5.41, 5.74) is 2.20. The molecule has 2 heterocycles. The third kappa shape index (κ3) is 4.40. The van der Waals surface area contributed by atoms with Crippen LogP contribution in [0.2, 0.25) is 5.02 Å². The number of aryl methyl sites for hydroxylation is 1. The predicted molar refractivity (Wildman–Crippen MR) is 119 cm³/mol. The van der Waals surface area contributed by atoms with Gasteiger partial charge in [-0.2, -0.15) is 0 Å². The Hall–Kier alpha value is -3.36. The van der Waals surface area contributed by atoms with Crippen molar-refractivity contribution in [1.29, 1.82) is 0 Å². The number of hydrogen-bond acceptors (Lipinski definition) is 6. The Bertz CT molecular complexity index is 1230. The molecule has 0 unspecified atom stereocenters. The number of amides is 2. The van der Waals surface area contributed by atoms with Gasteiger partial charge < -0.3 is 4.42 Å². The molecule has 1 aromatic heterocycles. The maximum Gasteiger partial charge on any atom is 0.293 e. The van der Waals surface area contributed by atoms with E-state index in [1.165, 1.54) is 29.2 Å². The minimum Gasteiger partial charge on any atom is -0.457 e. The van der Waals surface area contributed by atoms with E-state index in [0.29, 0.717) is 22.1 Å². The maximum atomic E-state index is 12.7. The topological polar surface area (TPSA) is 93.7 Å². The molecule has 156 valence electrons. The van der Waals surface area contributed by atoms with Crippen molar-refractivity contribution in [2.45, 2.75) is 13.5 Å². The van der Waals surface area contributed by atoms with Gasteiger partial charge in [0.05, 0.1) is 21.4 Å². The van der Waals surface area contributed by atoms with Gasteiger partial charge in [-0.3, -0.25) is 24.6 Å². The van der Waals surface area contributed by atoms with Crippen molar-refractivity contribution in [3.63, 3.8) is 0 Å². The summed E-state index contributed by atoms with van der Waals surface area (Å²) in [5.74, 6) is 0.249. The number of halogens is 1. The second-order valence-electron chi connectivity index (χ2n) is 6.88. The maximum absolute atomic E-state index is 12.7. The fourth-order valence-corrected chi connectivity index (χ4v) is 4.06. The first kappa shape index (κ1) is 20.9. The molecule has 9 heteroatoms. The summed E-state index contributed by atoms with van der Waals surface area (Å²) in [5, 5.41) is 11.0. The van der Waals surface area contributed by atoms with Gasteiger partial charge in [-0.1, -0.05) is 41.4 Å². The fourth-order valence-electron chi connectivity index (χ4n) is 3.03. The minimum atomic E-state index is -0.520. The number of furan rings is 1. The highest BCUT2D eigenvalue weighted by Crippen LogP contribution is 2.36. The van der Waals surface area contributed by atoms with E-state index in [-0.39, 0.29) is 22.4 Å². The number of rotatable bonds is 5. The lowest BCUT2D eigenvalue weighted by atomic mass is 10.1. The Labute approximate surface area is 186 Å². The van der Waals surface area contributed by atoms with E-state index < -0.39 is 10.8 Å². The van der Waals surface area contributed by atoms with Crippen LogP contribution >= 0.6 is 23.4 Å². The van der Waals surface area contributed by atoms with E-state index >= 15 is 0 Å². The number of nitrogens with zero attached hydrogens (tertiary/aromatic N) is 2. The highest BCUT2D eigenvalue weighted by Gasteiger charge is 2.35. The SMILES string of the molecule is Cc1ccc(CN2C(=O)S/C(=C\c3ccc(-c4cc([N+](=O)[O-])ccc4Cl)o3)C2=O)cc1. The molecule has 0 N–H and O–H groups in total. The molecule has 2 amide bonds. The van der Waals surface area contributed by atoms with E-state index in [1.807, 2.05) is 31.2 Å². The Morgan fingerprint density at radius 2 is 1.87 bits per heavy atom. The molecule has 0 atom stereocenters. The molecule has 7 nitrogen and oxygen atoms in total.